The van der Waals surface area contributed by atoms with Gasteiger partial charge in [0.2, 0.25) is 12.3 Å². The van der Waals surface area contributed by atoms with E-state index < -0.39 is 0 Å². The van der Waals surface area contributed by atoms with Crippen LogP contribution in [0.15, 0.2) is 71.5 Å². The fourth-order valence-electron chi connectivity index (χ4n) is 3.03. The van der Waals surface area contributed by atoms with Gasteiger partial charge in [-0.2, -0.15) is 0 Å². The highest BCUT2D eigenvalue weighted by Gasteiger charge is 2.16. The van der Waals surface area contributed by atoms with Gasteiger partial charge in [-0.1, -0.05) is 48.5 Å². The molecule has 0 unspecified atom stereocenters. The van der Waals surface area contributed by atoms with E-state index >= 15 is 0 Å². The molecule has 0 saturated heterocycles. The summed E-state index contributed by atoms with van der Waals surface area (Å²) in [5.74, 6) is 0.348. The molecule has 2 heterocycles. The van der Waals surface area contributed by atoms with Gasteiger partial charge in [-0.25, -0.2) is 0 Å². The topological polar surface area (TPSA) is 73.0 Å². The van der Waals surface area contributed by atoms with Crippen LogP contribution in [-0.2, 0) is 17.8 Å². The summed E-state index contributed by atoms with van der Waals surface area (Å²) < 4.78 is 7.24. The van der Waals surface area contributed by atoms with Crippen LogP contribution in [-0.4, -0.2) is 27.2 Å². The molecule has 0 spiro atoms. The number of fused-ring (bicyclic) bond motifs is 1. The van der Waals surface area contributed by atoms with Gasteiger partial charge in [-0.3, -0.25) is 4.79 Å². The predicted octanol–water partition coefficient (Wildman–Crippen LogP) is 3.05. The Labute approximate surface area is 150 Å². The third-order valence-corrected chi connectivity index (χ3v) is 4.27. The van der Waals surface area contributed by atoms with Gasteiger partial charge in [0, 0.05) is 17.4 Å². The van der Waals surface area contributed by atoms with E-state index in [1.807, 2.05) is 53.1 Å². The molecule has 0 saturated carbocycles. The zero-order chi connectivity index (χ0) is 17.8. The van der Waals surface area contributed by atoms with Gasteiger partial charge >= 0.3 is 0 Å². The van der Waals surface area contributed by atoms with Crippen molar-refractivity contribution in [2.24, 2.45) is 0 Å². The van der Waals surface area contributed by atoms with Crippen LogP contribution in [0.1, 0.15) is 5.56 Å². The molecule has 2 aromatic carbocycles. The van der Waals surface area contributed by atoms with Crippen LogP contribution in [0.4, 0.5) is 0 Å². The lowest BCUT2D eigenvalue weighted by Gasteiger charge is -2.10. The largest absolute Gasteiger partial charge is 0.422 e. The van der Waals surface area contributed by atoms with Crippen LogP contribution in [0.3, 0.4) is 0 Å². The molecule has 6 nitrogen and oxygen atoms in total. The van der Waals surface area contributed by atoms with Gasteiger partial charge in [0.15, 0.2) is 0 Å². The second-order valence-corrected chi connectivity index (χ2v) is 6.00. The molecule has 0 fully saturated rings. The molecule has 0 bridgehead atoms. The average molecular weight is 346 g/mol. The zero-order valence-electron chi connectivity index (χ0n) is 14.1. The summed E-state index contributed by atoms with van der Waals surface area (Å²) in [6.45, 7) is 0.790. The summed E-state index contributed by atoms with van der Waals surface area (Å²) in [5.41, 5.74) is 2.89. The Morgan fingerprint density at radius 1 is 1.08 bits per heavy atom. The van der Waals surface area contributed by atoms with E-state index in [0.29, 0.717) is 12.4 Å². The molecule has 2 aromatic heterocycles. The lowest BCUT2D eigenvalue weighted by molar-refractivity contribution is -0.121. The van der Waals surface area contributed by atoms with Crippen LogP contribution in [0, 0.1) is 0 Å². The van der Waals surface area contributed by atoms with Gasteiger partial charge < -0.3 is 14.3 Å². The average Bonchev–Trinajstić information content (AvgIpc) is 3.31. The Balaban J connectivity index is 1.51. The maximum atomic E-state index is 12.5. The second-order valence-electron chi connectivity index (χ2n) is 6.00. The maximum absolute atomic E-state index is 12.5. The Bertz CT molecular complexity index is 1010. The van der Waals surface area contributed by atoms with Crippen molar-refractivity contribution in [2.45, 2.75) is 13.0 Å². The molecule has 1 N–H and O–H groups in total. The van der Waals surface area contributed by atoms with E-state index in [0.717, 1.165) is 23.0 Å². The van der Waals surface area contributed by atoms with Crippen LogP contribution >= 0.6 is 0 Å². The minimum absolute atomic E-state index is 0.0527. The number of nitrogens with one attached hydrogen (secondary N) is 1. The normalized spacial score (nSPS) is 10.9. The molecule has 0 aliphatic rings. The highest BCUT2D eigenvalue weighted by atomic mass is 16.4. The Morgan fingerprint density at radius 2 is 1.88 bits per heavy atom. The number of carbonyl (C=O) groups excluding carboxylic acids is 1. The van der Waals surface area contributed by atoms with E-state index in [1.54, 1.807) is 0 Å². The van der Waals surface area contributed by atoms with Gasteiger partial charge in [-0.15, -0.1) is 10.2 Å². The predicted molar refractivity (Wildman–Crippen MR) is 98.4 cm³/mol. The second kappa shape index (κ2) is 7.23. The highest BCUT2D eigenvalue weighted by Crippen LogP contribution is 2.26. The number of aromatic nitrogens is 3. The Morgan fingerprint density at radius 3 is 2.69 bits per heavy atom. The maximum Gasteiger partial charge on any atom is 0.264 e. The van der Waals surface area contributed by atoms with Crippen molar-refractivity contribution in [3.63, 3.8) is 0 Å². The van der Waals surface area contributed by atoms with Crippen molar-refractivity contribution < 1.29 is 9.21 Å². The summed E-state index contributed by atoms with van der Waals surface area (Å²) in [7, 11) is 0. The summed E-state index contributed by atoms with van der Waals surface area (Å²) >= 11 is 0. The van der Waals surface area contributed by atoms with Crippen molar-refractivity contribution in [1.29, 1.82) is 0 Å². The number of carbonyl (C=O) groups is 1. The minimum Gasteiger partial charge on any atom is -0.422 e. The first-order valence-electron chi connectivity index (χ1n) is 8.47. The molecule has 4 aromatic rings. The molecular formula is C20H18N4O2. The molecule has 0 aliphatic heterocycles. The minimum atomic E-state index is -0.0527. The number of nitrogens with zero attached hydrogens (tertiary/aromatic N) is 3. The fourth-order valence-corrected chi connectivity index (χ4v) is 3.03. The molecular weight excluding hydrogens is 328 g/mol. The summed E-state index contributed by atoms with van der Waals surface area (Å²) in [6, 6.07) is 19.9. The van der Waals surface area contributed by atoms with Crippen molar-refractivity contribution in [1.82, 2.24) is 20.1 Å². The molecule has 0 radical (unpaired) electrons. The summed E-state index contributed by atoms with van der Waals surface area (Å²) in [5, 5.41) is 11.7. The van der Waals surface area contributed by atoms with E-state index in [4.69, 9.17) is 4.42 Å². The van der Waals surface area contributed by atoms with E-state index in [1.165, 1.54) is 12.0 Å². The van der Waals surface area contributed by atoms with Crippen LogP contribution in [0.5, 0.6) is 0 Å². The fraction of sp³-hybridized carbons (Fsp3) is 0.150. The number of benzene rings is 2. The van der Waals surface area contributed by atoms with Crippen LogP contribution < -0.4 is 5.32 Å². The summed E-state index contributed by atoms with van der Waals surface area (Å²) in [6.07, 6.45) is 2.09. The SMILES string of the molecule is O=C(Cn1c(-c2nnco2)cc2ccccc21)NCCc1ccccc1. The number of hydrogen-bond acceptors (Lipinski definition) is 4. The number of para-hydroxylation sites is 1. The Kier molecular flexibility index (Phi) is 4.47. The molecule has 6 heteroatoms. The lowest BCUT2D eigenvalue weighted by atomic mass is 10.1. The number of rotatable bonds is 6. The van der Waals surface area contributed by atoms with Crippen molar-refractivity contribution in [3.05, 3.63) is 72.6 Å². The molecule has 4 rings (SSSR count). The quantitative estimate of drug-likeness (QED) is 0.582. The van der Waals surface area contributed by atoms with E-state index in [9.17, 15) is 4.79 Å². The first-order valence-corrected chi connectivity index (χ1v) is 8.47. The van der Waals surface area contributed by atoms with Crippen molar-refractivity contribution >= 4 is 16.8 Å². The molecule has 1 amide bonds. The van der Waals surface area contributed by atoms with Crippen LogP contribution in [0.2, 0.25) is 0 Å². The third-order valence-electron chi connectivity index (χ3n) is 4.27. The Hall–Kier alpha value is -3.41. The number of amides is 1. The van der Waals surface area contributed by atoms with Gasteiger partial charge in [0.25, 0.3) is 5.89 Å². The van der Waals surface area contributed by atoms with E-state index in [2.05, 4.69) is 27.6 Å². The highest BCUT2D eigenvalue weighted by molar-refractivity contribution is 5.88. The van der Waals surface area contributed by atoms with Crippen LogP contribution in [0.25, 0.3) is 22.5 Å². The molecule has 0 atom stereocenters. The first-order chi connectivity index (χ1) is 12.8. The zero-order valence-corrected chi connectivity index (χ0v) is 14.1. The smallest absolute Gasteiger partial charge is 0.264 e. The molecule has 0 aliphatic carbocycles. The standard InChI is InChI=1S/C20H18N4O2/c25-19(21-11-10-15-6-2-1-3-7-15)13-24-17-9-5-4-8-16(17)12-18(24)20-23-22-14-26-20/h1-9,12,14H,10-11,13H2,(H,21,25). The lowest BCUT2D eigenvalue weighted by Crippen LogP contribution is -2.29. The van der Waals surface area contributed by atoms with E-state index in [-0.39, 0.29) is 12.5 Å². The van der Waals surface area contributed by atoms with Gasteiger partial charge in [0.05, 0.1) is 0 Å². The molecule has 130 valence electrons. The molecule has 26 heavy (non-hydrogen) atoms. The first kappa shape index (κ1) is 16.1. The summed E-state index contributed by atoms with van der Waals surface area (Å²) in [4.78, 5) is 12.5. The van der Waals surface area contributed by atoms with Gasteiger partial charge in [0.1, 0.15) is 12.2 Å². The van der Waals surface area contributed by atoms with Gasteiger partial charge in [-0.05, 0) is 24.1 Å². The number of hydrogen-bond donors (Lipinski definition) is 1. The monoisotopic (exact) mass is 346 g/mol. The van der Waals surface area contributed by atoms with Crippen molar-refractivity contribution in [3.8, 4) is 11.6 Å². The third kappa shape index (κ3) is 3.35. The van der Waals surface area contributed by atoms with Crippen molar-refractivity contribution in [2.75, 3.05) is 6.54 Å².